The van der Waals surface area contributed by atoms with Gasteiger partial charge in [0.05, 0.1) is 5.56 Å². The van der Waals surface area contributed by atoms with E-state index in [0.717, 1.165) is 22.5 Å². The fourth-order valence-corrected chi connectivity index (χ4v) is 4.48. The summed E-state index contributed by atoms with van der Waals surface area (Å²) in [6, 6.07) is 3.60. The molecule has 0 amide bonds. The molecule has 0 bridgehead atoms. The van der Waals surface area contributed by atoms with Crippen LogP contribution in [0.4, 0.5) is 13.2 Å². The standard InChI is InChI=1S/C15H16F3N3O3S/c16-15(17,18)11-2-1-3-13(10-11)25(23,24)20-7-4-12(5-8-20)21-9-6-19-14(21)22/h1-3,6,9-10,12H,4-5,7-8H2,(H-,19,22,23,24). The van der Waals surface area contributed by atoms with E-state index in [0.29, 0.717) is 18.9 Å². The molecule has 1 atom stereocenters. The van der Waals surface area contributed by atoms with Crippen molar-refractivity contribution in [3.05, 3.63) is 52.7 Å². The lowest BCUT2D eigenvalue weighted by Gasteiger charge is -2.33. The number of benzene rings is 1. The first-order valence-corrected chi connectivity index (χ1v) is 9.06. The van der Waals surface area contributed by atoms with E-state index in [2.05, 4.69) is 4.98 Å². The number of nitrogens with zero attached hydrogens (tertiary/aromatic N) is 2. The molecule has 1 saturated heterocycles. The van der Waals surface area contributed by atoms with Crippen molar-refractivity contribution in [3.8, 4) is 0 Å². The predicted octanol–water partition coefficient (Wildman–Crippen LogP) is 2.44. The first-order chi connectivity index (χ1) is 11.7. The maximum Gasteiger partial charge on any atom is 0.416 e. The quantitative estimate of drug-likeness (QED) is 0.837. The number of piperidine rings is 1. The molecule has 136 valence electrons. The van der Waals surface area contributed by atoms with Crippen molar-refractivity contribution < 1.29 is 21.9 Å². The summed E-state index contributed by atoms with van der Waals surface area (Å²) >= 11 is 0. The van der Waals surface area contributed by atoms with Gasteiger partial charge >= 0.3 is 11.9 Å². The Hall–Kier alpha value is -1.91. The maximum absolute atomic E-state index is 12.8. The highest BCUT2D eigenvalue weighted by molar-refractivity contribution is 7.95. The van der Waals surface area contributed by atoms with E-state index in [1.165, 1.54) is 10.8 Å². The number of alkyl halides is 3. The molecule has 3 rings (SSSR count). The first-order valence-electron chi connectivity index (χ1n) is 7.62. The highest BCUT2D eigenvalue weighted by Gasteiger charge is 2.37. The smallest absolute Gasteiger partial charge is 0.416 e. The number of imidazole rings is 1. The van der Waals surface area contributed by atoms with Crippen LogP contribution >= 0.6 is 0 Å². The van der Waals surface area contributed by atoms with Gasteiger partial charge in [-0.15, -0.1) is 4.31 Å². The van der Waals surface area contributed by atoms with Crippen molar-refractivity contribution in [1.82, 2.24) is 13.9 Å². The molecular weight excluding hydrogens is 359 g/mol. The number of nitrogens with one attached hydrogen (secondary N) is 1. The Morgan fingerprint density at radius 2 is 1.92 bits per heavy atom. The average Bonchev–Trinajstić information content (AvgIpc) is 3.00. The van der Waals surface area contributed by atoms with Crippen molar-refractivity contribution >= 4 is 10.4 Å². The lowest BCUT2D eigenvalue weighted by atomic mass is 10.1. The SMILES string of the molecule is O=c1[nH]ccn1C1CCN([S+](=O)([O-])c2cccc(C(F)(F)F)c2)CC1. The summed E-state index contributed by atoms with van der Waals surface area (Å²) in [5.41, 5.74) is -1.26. The van der Waals surface area contributed by atoms with Crippen LogP contribution in [0, 0.1) is 0 Å². The number of aromatic nitrogens is 2. The lowest BCUT2D eigenvalue weighted by Crippen LogP contribution is -2.43. The molecule has 0 saturated carbocycles. The van der Waals surface area contributed by atoms with E-state index in [1.807, 2.05) is 0 Å². The minimum absolute atomic E-state index is 0.133. The van der Waals surface area contributed by atoms with Crippen molar-refractivity contribution in [2.24, 2.45) is 0 Å². The second-order valence-corrected chi connectivity index (χ2v) is 7.77. The summed E-state index contributed by atoms with van der Waals surface area (Å²) in [7, 11) is -4.01. The van der Waals surface area contributed by atoms with E-state index in [1.54, 1.807) is 6.20 Å². The summed E-state index contributed by atoms with van der Waals surface area (Å²) in [6.07, 6.45) is -0.669. The van der Waals surface area contributed by atoms with Crippen LogP contribution in [0.15, 0.2) is 46.3 Å². The van der Waals surface area contributed by atoms with E-state index in [-0.39, 0.29) is 29.7 Å². The molecule has 6 nitrogen and oxygen atoms in total. The molecule has 1 aliphatic heterocycles. The summed E-state index contributed by atoms with van der Waals surface area (Å²) in [5.74, 6) is 0. The second kappa shape index (κ2) is 6.43. The molecule has 2 aromatic rings. The van der Waals surface area contributed by atoms with Gasteiger partial charge in [-0.2, -0.15) is 13.2 Å². The van der Waals surface area contributed by atoms with Crippen LogP contribution in [-0.4, -0.2) is 31.5 Å². The van der Waals surface area contributed by atoms with E-state index < -0.39 is 22.1 Å². The van der Waals surface area contributed by atoms with Gasteiger partial charge in [-0.3, -0.25) is 4.57 Å². The number of rotatable bonds is 3. The maximum atomic E-state index is 12.8. The Bertz CT molecular complexity index is 853. The summed E-state index contributed by atoms with van der Waals surface area (Å²) in [5, 5.41) is 0. The van der Waals surface area contributed by atoms with Gasteiger partial charge in [-0.05, 0) is 25.0 Å². The number of hydrogen-bond acceptors (Lipinski definition) is 3. The Morgan fingerprint density at radius 3 is 2.48 bits per heavy atom. The number of aromatic amines is 1. The van der Waals surface area contributed by atoms with Crippen LogP contribution < -0.4 is 5.69 Å². The van der Waals surface area contributed by atoms with Crippen molar-refractivity contribution in [1.29, 1.82) is 0 Å². The Morgan fingerprint density at radius 1 is 1.24 bits per heavy atom. The van der Waals surface area contributed by atoms with Crippen LogP contribution in [0.5, 0.6) is 0 Å². The molecule has 1 N–H and O–H groups in total. The van der Waals surface area contributed by atoms with Crippen LogP contribution in [-0.2, 0) is 20.8 Å². The predicted molar refractivity (Wildman–Crippen MR) is 83.4 cm³/mol. The van der Waals surface area contributed by atoms with Gasteiger partial charge in [0.25, 0.3) is 0 Å². The highest BCUT2D eigenvalue weighted by Crippen LogP contribution is 2.33. The van der Waals surface area contributed by atoms with E-state index in [9.17, 15) is 26.7 Å². The summed E-state index contributed by atoms with van der Waals surface area (Å²) in [6.45, 7) is 0.279. The number of halogens is 3. The minimum atomic E-state index is -4.60. The number of hydrogen-bond donors (Lipinski definition) is 1. The Kier molecular flexibility index (Phi) is 4.60. The third kappa shape index (κ3) is 3.55. The topological polar surface area (TPSA) is 81.2 Å². The fourth-order valence-electron chi connectivity index (χ4n) is 2.96. The monoisotopic (exact) mass is 375 g/mol. The van der Waals surface area contributed by atoms with E-state index >= 15 is 0 Å². The van der Waals surface area contributed by atoms with Gasteiger partial charge in [0.15, 0.2) is 15.3 Å². The van der Waals surface area contributed by atoms with Crippen LogP contribution in [0.1, 0.15) is 24.4 Å². The zero-order valence-corrected chi connectivity index (χ0v) is 13.8. The molecule has 25 heavy (non-hydrogen) atoms. The zero-order valence-electron chi connectivity index (χ0n) is 13.0. The fraction of sp³-hybridized carbons (Fsp3) is 0.400. The Labute approximate surface area is 142 Å². The van der Waals surface area contributed by atoms with Gasteiger partial charge in [0, 0.05) is 37.6 Å². The number of sulfonamides is 1. The molecular formula is C15H16F3N3O3S. The minimum Gasteiger partial charge on any atom is -0.593 e. The molecule has 0 spiro atoms. The van der Waals surface area contributed by atoms with Gasteiger partial charge in [-0.1, -0.05) is 10.3 Å². The normalized spacial score (nSPS) is 19.7. The molecule has 1 aliphatic rings. The molecule has 1 aromatic heterocycles. The third-order valence-corrected chi connectivity index (χ3v) is 6.19. The molecule has 2 heterocycles. The van der Waals surface area contributed by atoms with Crippen molar-refractivity contribution in [2.75, 3.05) is 13.1 Å². The Balaban J connectivity index is 1.77. The largest absolute Gasteiger partial charge is 0.593 e. The first kappa shape index (κ1) is 17.9. The molecule has 0 aliphatic carbocycles. The third-order valence-electron chi connectivity index (χ3n) is 4.29. The van der Waals surface area contributed by atoms with Gasteiger partial charge in [0.2, 0.25) is 0 Å². The highest BCUT2D eigenvalue weighted by atomic mass is 32.3. The molecule has 0 radical (unpaired) electrons. The van der Waals surface area contributed by atoms with Crippen molar-refractivity contribution in [3.63, 3.8) is 0 Å². The summed E-state index contributed by atoms with van der Waals surface area (Å²) < 4.78 is 66.3. The van der Waals surface area contributed by atoms with Gasteiger partial charge in [-0.25, -0.2) is 4.79 Å². The van der Waals surface area contributed by atoms with Gasteiger partial charge < -0.3 is 9.54 Å². The van der Waals surface area contributed by atoms with Gasteiger partial charge in [0.1, 0.15) is 0 Å². The number of H-pyrrole nitrogens is 1. The lowest BCUT2D eigenvalue weighted by molar-refractivity contribution is -0.137. The van der Waals surface area contributed by atoms with Crippen LogP contribution in [0.3, 0.4) is 0 Å². The zero-order chi connectivity index (χ0) is 18.2. The summed E-state index contributed by atoms with van der Waals surface area (Å²) in [4.78, 5) is 13.8. The second-order valence-electron chi connectivity index (χ2n) is 5.83. The van der Waals surface area contributed by atoms with Crippen molar-refractivity contribution in [2.45, 2.75) is 30.0 Å². The van der Waals surface area contributed by atoms with Crippen LogP contribution in [0.25, 0.3) is 0 Å². The molecule has 1 aromatic carbocycles. The van der Waals surface area contributed by atoms with E-state index in [4.69, 9.17) is 0 Å². The van der Waals surface area contributed by atoms with Crippen LogP contribution in [0.2, 0.25) is 0 Å². The molecule has 10 heteroatoms. The average molecular weight is 375 g/mol. The molecule has 1 fully saturated rings. The molecule has 1 unspecified atom stereocenters.